The standard InChI is InChI=1S/C21H24N4O/c1-16-9-7-8-12-19(16)25-20(13-17(2)23-25)22-21(26)15-24(3)14-18-10-5-4-6-11-18/h4-13H,14-15H2,1-3H3,(H,22,26). The van der Waals surface area contributed by atoms with Gasteiger partial charge in [0.2, 0.25) is 5.91 Å². The molecule has 3 rings (SSSR count). The molecule has 0 radical (unpaired) electrons. The molecule has 5 nitrogen and oxygen atoms in total. The van der Waals surface area contributed by atoms with Gasteiger partial charge in [0.1, 0.15) is 5.82 Å². The van der Waals surface area contributed by atoms with Crippen LogP contribution in [0, 0.1) is 13.8 Å². The molecule has 0 bridgehead atoms. The molecule has 5 heteroatoms. The summed E-state index contributed by atoms with van der Waals surface area (Å²) in [6.45, 7) is 4.99. The van der Waals surface area contributed by atoms with Crippen LogP contribution in [0.1, 0.15) is 16.8 Å². The number of carbonyl (C=O) groups excluding carboxylic acids is 1. The number of likely N-dealkylation sites (N-methyl/N-ethyl adjacent to an activating group) is 1. The lowest BCUT2D eigenvalue weighted by atomic mass is 10.2. The van der Waals surface area contributed by atoms with Gasteiger partial charge in [-0.15, -0.1) is 0 Å². The van der Waals surface area contributed by atoms with Crippen molar-refractivity contribution in [2.45, 2.75) is 20.4 Å². The number of amides is 1. The molecule has 134 valence electrons. The predicted octanol–water partition coefficient (Wildman–Crippen LogP) is 3.56. The van der Waals surface area contributed by atoms with E-state index in [9.17, 15) is 4.79 Å². The summed E-state index contributed by atoms with van der Waals surface area (Å²) in [6, 6.07) is 20.0. The van der Waals surface area contributed by atoms with Crippen LogP contribution in [0.25, 0.3) is 5.69 Å². The Morgan fingerprint density at radius 2 is 1.77 bits per heavy atom. The summed E-state index contributed by atoms with van der Waals surface area (Å²) in [5.41, 5.74) is 4.12. The number of benzene rings is 2. The van der Waals surface area contributed by atoms with E-state index in [0.717, 1.165) is 23.5 Å². The molecule has 0 atom stereocenters. The monoisotopic (exact) mass is 348 g/mol. The van der Waals surface area contributed by atoms with E-state index in [0.29, 0.717) is 12.4 Å². The first-order chi connectivity index (χ1) is 12.5. The summed E-state index contributed by atoms with van der Waals surface area (Å²) in [5, 5.41) is 7.52. The number of nitrogens with zero attached hydrogens (tertiary/aromatic N) is 3. The van der Waals surface area contributed by atoms with Gasteiger partial charge in [-0.05, 0) is 38.1 Å². The first-order valence-electron chi connectivity index (χ1n) is 8.68. The lowest BCUT2D eigenvalue weighted by Gasteiger charge is -2.17. The lowest BCUT2D eigenvalue weighted by molar-refractivity contribution is -0.117. The smallest absolute Gasteiger partial charge is 0.239 e. The molecule has 0 fully saturated rings. The van der Waals surface area contributed by atoms with Crippen molar-refractivity contribution in [3.05, 3.63) is 77.5 Å². The van der Waals surface area contributed by atoms with Gasteiger partial charge in [0.25, 0.3) is 0 Å². The van der Waals surface area contributed by atoms with Crippen LogP contribution in [-0.2, 0) is 11.3 Å². The number of rotatable bonds is 6. The summed E-state index contributed by atoms with van der Waals surface area (Å²) in [5.74, 6) is 0.632. The minimum absolute atomic E-state index is 0.0573. The van der Waals surface area contributed by atoms with Gasteiger partial charge in [0, 0.05) is 12.6 Å². The number of nitrogens with one attached hydrogen (secondary N) is 1. The minimum Gasteiger partial charge on any atom is -0.309 e. The second-order valence-corrected chi connectivity index (χ2v) is 6.58. The number of aromatic nitrogens is 2. The molecule has 2 aromatic carbocycles. The second kappa shape index (κ2) is 7.97. The maximum atomic E-state index is 12.5. The summed E-state index contributed by atoms with van der Waals surface area (Å²) >= 11 is 0. The first kappa shape index (κ1) is 17.9. The van der Waals surface area contributed by atoms with E-state index in [1.807, 2.05) is 74.3 Å². The van der Waals surface area contributed by atoms with E-state index in [1.54, 1.807) is 4.68 Å². The molecule has 1 heterocycles. The quantitative estimate of drug-likeness (QED) is 0.741. The normalized spacial score (nSPS) is 10.9. The molecule has 0 saturated carbocycles. The summed E-state index contributed by atoms with van der Waals surface area (Å²) in [4.78, 5) is 14.5. The Morgan fingerprint density at radius 3 is 2.50 bits per heavy atom. The zero-order valence-corrected chi connectivity index (χ0v) is 15.4. The highest BCUT2D eigenvalue weighted by atomic mass is 16.2. The van der Waals surface area contributed by atoms with Gasteiger partial charge < -0.3 is 5.32 Å². The Bertz CT molecular complexity index is 886. The first-order valence-corrected chi connectivity index (χ1v) is 8.68. The third kappa shape index (κ3) is 4.37. The van der Waals surface area contributed by atoms with Gasteiger partial charge in [0.05, 0.1) is 17.9 Å². The fraction of sp³-hybridized carbons (Fsp3) is 0.238. The zero-order chi connectivity index (χ0) is 18.5. The van der Waals surface area contributed by atoms with Crippen molar-refractivity contribution >= 4 is 11.7 Å². The third-order valence-corrected chi connectivity index (χ3v) is 4.15. The van der Waals surface area contributed by atoms with E-state index in [2.05, 4.69) is 22.5 Å². The van der Waals surface area contributed by atoms with Crippen LogP contribution in [-0.4, -0.2) is 34.2 Å². The number of carbonyl (C=O) groups is 1. The van der Waals surface area contributed by atoms with Crippen molar-refractivity contribution in [2.75, 3.05) is 18.9 Å². The van der Waals surface area contributed by atoms with Crippen LogP contribution in [0.4, 0.5) is 5.82 Å². The van der Waals surface area contributed by atoms with E-state index in [-0.39, 0.29) is 5.91 Å². The zero-order valence-electron chi connectivity index (χ0n) is 15.4. The van der Waals surface area contributed by atoms with Crippen molar-refractivity contribution in [1.82, 2.24) is 14.7 Å². The molecule has 0 aliphatic carbocycles. The number of hydrogen-bond acceptors (Lipinski definition) is 3. The topological polar surface area (TPSA) is 50.2 Å². The molecule has 1 N–H and O–H groups in total. The van der Waals surface area contributed by atoms with E-state index < -0.39 is 0 Å². The predicted molar refractivity (Wildman–Crippen MR) is 104 cm³/mol. The molecule has 1 amide bonds. The molecule has 0 unspecified atom stereocenters. The highest BCUT2D eigenvalue weighted by Gasteiger charge is 2.13. The van der Waals surface area contributed by atoms with Crippen LogP contribution >= 0.6 is 0 Å². The number of para-hydroxylation sites is 1. The maximum Gasteiger partial charge on any atom is 0.239 e. The molecule has 3 aromatic rings. The fourth-order valence-electron chi connectivity index (χ4n) is 2.95. The van der Waals surface area contributed by atoms with Gasteiger partial charge in [-0.1, -0.05) is 48.5 Å². The average molecular weight is 348 g/mol. The molecule has 0 aliphatic rings. The van der Waals surface area contributed by atoms with Gasteiger partial charge in [0.15, 0.2) is 0 Å². The molecule has 1 aromatic heterocycles. The van der Waals surface area contributed by atoms with Gasteiger partial charge in [-0.2, -0.15) is 5.10 Å². The van der Waals surface area contributed by atoms with Gasteiger partial charge in [-0.25, -0.2) is 4.68 Å². The van der Waals surface area contributed by atoms with Crippen molar-refractivity contribution in [3.8, 4) is 5.69 Å². The SMILES string of the molecule is Cc1cc(NC(=O)CN(C)Cc2ccccc2)n(-c2ccccc2C)n1. The van der Waals surface area contributed by atoms with Crippen LogP contribution in [0.5, 0.6) is 0 Å². The molecule has 26 heavy (non-hydrogen) atoms. The fourth-order valence-corrected chi connectivity index (χ4v) is 2.95. The number of hydrogen-bond donors (Lipinski definition) is 1. The number of aryl methyl sites for hydroxylation is 2. The van der Waals surface area contributed by atoms with E-state index >= 15 is 0 Å². The molecular weight excluding hydrogens is 324 g/mol. The van der Waals surface area contributed by atoms with Crippen LogP contribution in [0.2, 0.25) is 0 Å². The third-order valence-electron chi connectivity index (χ3n) is 4.15. The van der Waals surface area contributed by atoms with Crippen molar-refractivity contribution in [3.63, 3.8) is 0 Å². The largest absolute Gasteiger partial charge is 0.309 e. The molecular formula is C21H24N4O. The summed E-state index contributed by atoms with van der Waals surface area (Å²) in [6.07, 6.45) is 0. The molecule has 0 aliphatic heterocycles. The van der Waals surface area contributed by atoms with Gasteiger partial charge in [-0.3, -0.25) is 9.69 Å². The molecule has 0 saturated heterocycles. The van der Waals surface area contributed by atoms with Crippen LogP contribution < -0.4 is 5.32 Å². The highest BCUT2D eigenvalue weighted by molar-refractivity contribution is 5.91. The van der Waals surface area contributed by atoms with Crippen molar-refractivity contribution in [2.24, 2.45) is 0 Å². The maximum absolute atomic E-state index is 12.5. The van der Waals surface area contributed by atoms with E-state index in [1.165, 1.54) is 5.56 Å². The Hall–Kier alpha value is -2.92. The Kier molecular flexibility index (Phi) is 5.49. The Labute approximate surface area is 154 Å². The average Bonchev–Trinajstić information content (AvgIpc) is 2.96. The second-order valence-electron chi connectivity index (χ2n) is 6.58. The van der Waals surface area contributed by atoms with E-state index in [4.69, 9.17) is 0 Å². The number of anilines is 1. The van der Waals surface area contributed by atoms with Crippen molar-refractivity contribution < 1.29 is 4.79 Å². The highest BCUT2D eigenvalue weighted by Crippen LogP contribution is 2.20. The van der Waals surface area contributed by atoms with Crippen molar-refractivity contribution in [1.29, 1.82) is 0 Å². The summed E-state index contributed by atoms with van der Waals surface area (Å²) in [7, 11) is 1.94. The molecule has 0 spiro atoms. The van der Waals surface area contributed by atoms with Crippen LogP contribution in [0.15, 0.2) is 60.7 Å². The minimum atomic E-state index is -0.0573. The van der Waals surface area contributed by atoms with Crippen LogP contribution in [0.3, 0.4) is 0 Å². The lowest BCUT2D eigenvalue weighted by Crippen LogP contribution is -2.30. The Morgan fingerprint density at radius 1 is 1.08 bits per heavy atom. The summed E-state index contributed by atoms with van der Waals surface area (Å²) < 4.78 is 1.79. The Balaban J connectivity index is 1.69. The van der Waals surface area contributed by atoms with Gasteiger partial charge >= 0.3 is 0 Å².